The first-order valence-electron chi connectivity index (χ1n) is 6.35. The largest absolute Gasteiger partial charge is 0.543 e. The molecule has 18 heavy (non-hydrogen) atoms. The van der Waals surface area contributed by atoms with Crippen molar-refractivity contribution in [3.63, 3.8) is 0 Å². The number of carbonyl (C=O) groups excluding carboxylic acids is 1. The maximum Gasteiger partial charge on any atom is 0.250 e. The van der Waals surface area contributed by atoms with E-state index in [4.69, 9.17) is 4.43 Å². The molecule has 0 spiro atoms. The normalized spacial score (nSPS) is 12.4. The molecule has 0 aliphatic rings. The molecule has 0 atom stereocenters. The highest BCUT2D eigenvalue weighted by Crippen LogP contribution is 2.37. The first kappa shape index (κ1) is 15.0. The predicted octanol–water partition coefficient (Wildman–Crippen LogP) is 4.58. The summed E-state index contributed by atoms with van der Waals surface area (Å²) >= 11 is 0. The van der Waals surface area contributed by atoms with E-state index < -0.39 is 8.32 Å². The van der Waals surface area contributed by atoms with E-state index in [2.05, 4.69) is 33.9 Å². The van der Waals surface area contributed by atoms with Gasteiger partial charge in [-0.2, -0.15) is 0 Å². The van der Waals surface area contributed by atoms with Crippen LogP contribution in [-0.4, -0.2) is 14.1 Å². The average molecular weight is 264 g/mol. The van der Waals surface area contributed by atoms with Gasteiger partial charge in [0.25, 0.3) is 0 Å². The first-order chi connectivity index (χ1) is 8.04. The Bertz CT molecular complexity index is 456. The molecule has 0 heterocycles. The molecule has 0 unspecified atom stereocenters. The number of Topliss-reactive ketones (excluding diaryl/α,β-unsaturated/α-hetero) is 1. The molecule has 0 aliphatic heterocycles. The van der Waals surface area contributed by atoms with Gasteiger partial charge in [-0.3, -0.25) is 4.79 Å². The fourth-order valence-electron chi connectivity index (χ4n) is 1.54. The topological polar surface area (TPSA) is 26.3 Å². The molecule has 0 radical (unpaired) electrons. The molecule has 3 heteroatoms. The van der Waals surface area contributed by atoms with E-state index in [9.17, 15) is 4.79 Å². The Morgan fingerprint density at radius 2 is 1.78 bits per heavy atom. The fourth-order valence-corrected chi connectivity index (χ4v) is 2.56. The first-order valence-corrected chi connectivity index (χ1v) is 9.26. The summed E-state index contributed by atoms with van der Waals surface area (Å²) < 4.78 is 6.21. The lowest BCUT2D eigenvalue weighted by Crippen LogP contribution is -2.43. The summed E-state index contributed by atoms with van der Waals surface area (Å²) in [6, 6.07) is 5.74. The Balaban J connectivity index is 3.01. The summed E-state index contributed by atoms with van der Waals surface area (Å²) in [4.78, 5) is 11.4. The van der Waals surface area contributed by atoms with E-state index in [1.165, 1.54) is 0 Å². The second-order valence-corrected chi connectivity index (χ2v) is 11.1. The number of hydrogen-bond acceptors (Lipinski definition) is 2. The van der Waals surface area contributed by atoms with Crippen LogP contribution in [0.1, 0.15) is 43.6 Å². The van der Waals surface area contributed by atoms with Crippen molar-refractivity contribution < 1.29 is 9.22 Å². The van der Waals surface area contributed by atoms with Gasteiger partial charge in [0.1, 0.15) is 5.75 Å². The summed E-state index contributed by atoms with van der Waals surface area (Å²) in [5, 5.41) is 0.181. The molecule has 0 saturated carbocycles. The number of carbonyl (C=O) groups is 1. The van der Waals surface area contributed by atoms with Crippen molar-refractivity contribution in [2.75, 3.05) is 0 Å². The minimum atomic E-state index is -1.80. The van der Waals surface area contributed by atoms with Gasteiger partial charge in [0.2, 0.25) is 8.32 Å². The van der Waals surface area contributed by atoms with Crippen molar-refractivity contribution in [2.24, 2.45) is 0 Å². The van der Waals surface area contributed by atoms with Crippen molar-refractivity contribution in [3.05, 3.63) is 29.3 Å². The number of ketones is 1. The Morgan fingerprint density at radius 3 is 2.17 bits per heavy atom. The summed E-state index contributed by atoms with van der Waals surface area (Å²) in [5.41, 5.74) is 1.76. The highest BCUT2D eigenvalue weighted by molar-refractivity contribution is 6.74. The minimum Gasteiger partial charge on any atom is -0.543 e. The Kier molecular flexibility index (Phi) is 4.06. The van der Waals surface area contributed by atoms with Gasteiger partial charge in [0.15, 0.2) is 5.78 Å². The molecule has 0 saturated heterocycles. The molecule has 0 aliphatic carbocycles. The van der Waals surface area contributed by atoms with Crippen LogP contribution in [-0.2, 0) is 0 Å². The zero-order valence-electron chi connectivity index (χ0n) is 12.5. The van der Waals surface area contributed by atoms with Crippen molar-refractivity contribution in [3.8, 4) is 5.75 Å². The maximum atomic E-state index is 11.4. The molecule has 1 aromatic carbocycles. The number of aryl methyl sites for hydroxylation is 1. The minimum absolute atomic E-state index is 0.103. The fraction of sp³-hybridized carbons (Fsp3) is 0.533. The van der Waals surface area contributed by atoms with Crippen molar-refractivity contribution in [1.29, 1.82) is 0 Å². The molecule has 1 aromatic rings. The predicted molar refractivity (Wildman–Crippen MR) is 79.0 cm³/mol. The van der Waals surface area contributed by atoms with E-state index >= 15 is 0 Å². The maximum absolute atomic E-state index is 11.4. The average Bonchev–Trinajstić information content (AvgIpc) is 2.14. The van der Waals surface area contributed by atoms with Crippen LogP contribution >= 0.6 is 0 Å². The molecular weight excluding hydrogens is 240 g/mol. The number of hydrogen-bond donors (Lipinski definition) is 0. The van der Waals surface area contributed by atoms with E-state index in [0.717, 1.165) is 16.9 Å². The Morgan fingerprint density at radius 1 is 1.22 bits per heavy atom. The summed E-state index contributed by atoms with van der Waals surface area (Å²) in [6.45, 7) is 14.6. The molecule has 0 fully saturated rings. The zero-order chi connectivity index (χ0) is 14.1. The SMILES string of the molecule is CC(=O)c1ccc(O[Si](C)(C)C(C)(C)C)cc1C. The van der Waals surface area contributed by atoms with Gasteiger partial charge in [-0.25, -0.2) is 0 Å². The van der Waals surface area contributed by atoms with Crippen molar-refractivity contribution in [2.45, 2.75) is 52.8 Å². The van der Waals surface area contributed by atoms with Crippen molar-refractivity contribution in [1.82, 2.24) is 0 Å². The van der Waals surface area contributed by atoms with Gasteiger partial charge in [0, 0.05) is 5.56 Å². The third kappa shape index (κ3) is 3.22. The van der Waals surface area contributed by atoms with Crippen LogP contribution in [0.25, 0.3) is 0 Å². The van der Waals surface area contributed by atoms with Gasteiger partial charge in [-0.05, 0) is 55.7 Å². The molecule has 100 valence electrons. The molecule has 0 bridgehead atoms. The lowest BCUT2D eigenvalue weighted by Gasteiger charge is -2.36. The van der Waals surface area contributed by atoms with E-state index in [1.54, 1.807) is 6.92 Å². The van der Waals surface area contributed by atoms with Crippen LogP contribution in [0.3, 0.4) is 0 Å². The highest BCUT2D eigenvalue weighted by Gasteiger charge is 2.38. The molecule has 0 N–H and O–H groups in total. The second-order valence-electron chi connectivity index (χ2n) is 6.40. The second kappa shape index (κ2) is 4.88. The van der Waals surface area contributed by atoms with Gasteiger partial charge >= 0.3 is 0 Å². The zero-order valence-corrected chi connectivity index (χ0v) is 13.5. The lowest BCUT2D eigenvalue weighted by molar-refractivity contribution is 0.101. The number of benzene rings is 1. The Labute approximate surface area is 111 Å². The standard InChI is InChI=1S/C15H24O2Si/c1-11-10-13(8-9-14(11)12(2)16)17-18(6,7)15(3,4)5/h8-10H,1-7H3. The monoisotopic (exact) mass is 264 g/mol. The highest BCUT2D eigenvalue weighted by atomic mass is 28.4. The lowest BCUT2D eigenvalue weighted by atomic mass is 10.1. The van der Waals surface area contributed by atoms with Gasteiger partial charge < -0.3 is 4.43 Å². The third-order valence-electron chi connectivity index (χ3n) is 3.76. The van der Waals surface area contributed by atoms with Crippen LogP contribution < -0.4 is 4.43 Å². The third-order valence-corrected chi connectivity index (χ3v) is 8.11. The van der Waals surface area contributed by atoms with E-state index in [-0.39, 0.29) is 10.8 Å². The van der Waals surface area contributed by atoms with Gasteiger partial charge in [-0.15, -0.1) is 0 Å². The van der Waals surface area contributed by atoms with E-state index in [0.29, 0.717) is 0 Å². The van der Waals surface area contributed by atoms with Crippen LogP contribution in [0.2, 0.25) is 18.1 Å². The van der Waals surface area contributed by atoms with Gasteiger partial charge in [0.05, 0.1) is 0 Å². The van der Waals surface area contributed by atoms with Gasteiger partial charge in [-0.1, -0.05) is 20.8 Å². The van der Waals surface area contributed by atoms with Crippen LogP contribution in [0, 0.1) is 6.92 Å². The molecular formula is C15H24O2Si. The Hall–Kier alpha value is -1.09. The van der Waals surface area contributed by atoms with Crippen LogP contribution in [0.4, 0.5) is 0 Å². The van der Waals surface area contributed by atoms with Crippen LogP contribution in [0.15, 0.2) is 18.2 Å². The summed E-state index contributed by atoms with van der Waals surface area (Å²) in [5.74, 6) is 0.982. The van der Waals surface area contributed by atoms with Crippen LogP contribution in [0.5, 0.6) is 5.75 Å². The molecule has 0 aromatic heterocycles. The summed E-state index contributed by atoms with van der Waals surface area (Å²) in [6.07, 6.45) is 0. The molecule has 1 rings (SSSR count). The molecule has 0 amide bonds. The smallest absolute Gasteiger partial charge is 0.250 e. The number of rotatable bonds is 3. The quantitative estimate of drug-likeness (QED) is 0.590. The van der Waals surface area contributed by atoms with E-state index in [1.807, 2.05) is 25.1 Å². The molecule has 2 nitrogen and oxygen atoms in total. The van der Waals surface area contributed by atoms with Crippen molar-refractivity contribution >= 4 is 14.1 Å². The summed E-state index contributed by atoms with van der Waals surface area (Å²) in [7, 11) is -1.80.